The van der Waals surface area contributed by atoms with Crippen LogP contribution in [0.5, 0.6) is 17.2 Å². The van der Waals surface area contributed by atoms with Crippen molar-refractivity contribution in [1.29, 1.82) is 0 Å². The van der Waals surface area contributed by atoms with Crippen molar-refractivity contribution in [3.8, 4) is 28.4 Å². The number of benzene rings is 3. The molecule has 0 unspecified atom stereocenters. The molecule has 0 bridgehead atoms. The lowest BCUT2D eigenvalue weighted by atomic mass is 9.97. The molecule has 0 aliphatic heterocycles. The number of rotatable bonds is 9. The molecule has 0 saturated heterocycles. The molecule has 3 aromatic rings. The second kappa shape index (κ2) is 11.0. The Morgan fingerprint density at radius 3 is 1.95 bits per heavy atom. The zero-order chi connectivity index (χ0) is 28.4. The zero-order valence-corrected chi connectivity index (χ0v) is 19.3. The average Bonchev–Trinajstić information content (AvgIpc) is 2.76. The van der Waals surface area contributed by atoms with Gasteiger partial charge in [-0.25, -0.2) is 22.0 Å². The molecule has 0 atom stereocenters. The molecule has 0 aliphatic rings. The van der Waals surface area contributed by atoms with E-state index in [1.54, 1.807) is 0 Å². The summed E-state index contributed by atoms with van der Waals surface area (Å²) in [6.07, 6.45) is -7.74. The van der Waals surface area contributed by atoms with Crippen LogP contribution >= 0.6 is 0 Å². The Bertz CT molecular complexity index is 1300. The first-order chi connectivity index (χ1) is 17.6. The first-order valence-corrected chi connectivity index (χ1v) is 10.9. The molecule has 0 N–H and O–H groups in total. The van der Waals surface area contributed by atoms with Crippen LogP contribution in [-0.2, 0) is 17.6 Å². The Morgan fingerprint density at radius 2 is 1.39 bits per heavy atom. The molecule has 0 aliphatic carbocycles. The van der Waals surface area contributed by atoms with Gasteiger partial charge in [0.15, 0.2) is 23.2 Å². The maximum atomic E-state index is 15.2. The van der Waals surface area contributed by atoms with Gasteiger partial charge in [-0.1, -0.05) is 31.9 Å². The van der Waals surface area contributed by atoms with E-state index < -0.39 is 75.5 Å². The van der Waals surface area contributed by atoms with Crippen LogP contribution in [0.1, 0.15) is 37.3 Å². The lowest BCUT2D eigenvalue weighted by molar-refractivity contribution is -0.276. The van der Waals surface area contributed by atoms with Crippen LogP contribution in [0.25, 0.3) is 11.1 Å². The highest BCUT2D eigenvalue weighted by molar-refractivity contribution is 5.72. The lowest BCUT2D eigenvalue weighted by Crippen LogP contribution is -2.26. The van der Waals surface area contributed by atoms with Crippen LogP contribution in [0.2, 0.25) is 0 Å². The molecule has 3 aromatic carbocycles. The minimum atomic E-state index is -5.53. The summed E-state index contributed by atoms with van der Waals surface area (Å²) < 4.78 is 146. The molecule has 0 saturated carbocycles. The summed E-state index contributed by atoms with van der Waals surface area (Å²) in [4.78, 5) is 0. The third-order valence-electron chi connectivity index (χ3n) is 5.28. The van der Waals surface area contributed by atoms with Gasteiger partial charge < -0.3 is 9.47 Å². The minimum Gasteiger partial charge on any atom is -0.429 e. The molecule has 13 heteroatoms. The van der Waals surface area contributed by atoms with Crippen molar-refractivity contribution in [2.45, 2.75) is 45.1 Å². The molecule has 1 radical (unpaired) electrons. The zero-order valence-electron chi connectivity index (χ0n) is 19.3. The lowest BCUT2D eigenvalue weighted by Gasteiger charge is -2.21. The van der Waals surface area contributed by atoms with Gasteiger partial charge in [0.1, 0.15) is 22.9 Å². The molecular formula is C25H17F10O3. The maximum Gasteiger partial charge on any atom is 0.573 e. The van der Waals surface area contributed by atoms with Crippen LogP contribution in [0.4, 0.5) is 43.9 Å². The predicted molar refractivity (Wildman–Crippen MR) is 113 cm³/mol. The van der Waals surface area contributed by atoms with Gasteiger partial charge in [0.05, 0.1) is 5.56 Å². The van der Waals surface area contributed by atoms with Crippen molar-refractivity contribution in [2.75, 3.05) is 0 Å². The van der Waals surface area contributed by atoms with E-state index in [4.69, 9.17) is 0 Å². The molecule has 0 fully saturated rings. The second-order valence-corrected chi connectivity index (χ2v) is 8.07. The topological polar surface area (TPSA) is 38.4 Å². The monoisotopic (exact) mass is 555 g/mol. The Balaban J connectivity index is 2.01. The fourth-order valence-electron chi connectivity index (χ4n) is 3.62. The van der Waals surface area contributed by atoms with Crippen molar-refractivity contribution in [3.05, 3.63) is 76.6 Å². The van der Waals surface area contributed by atoms with Crippen molar-refractivity contribution < 1.29 is 58.5 Å². The highest BCUT2D eigenvalue weighted by Crippen LogP contribution is 2.44. The smallest absolute Gasteiger partial charge is 0.429 e. The van der Waals surface area contributed by atoms with Gasteiger partial charge in [-0.05, 0) is 24.5 Å². The third-order valence-corrected chi connectivity index (χ3v) is 5.28. The Hall–Kier alpha value is -3.64. The highest BCUT2D eigenvalue weighted by atomic mass is 19.4. The van der Waals surface area contributed by atoms with Crippen molar-refractivity contribution in [1.82, 2.24) is 0 Å². The van der Waals surface area contributed by atoms with Gasteiger partial charge in [0, 0.05) is 23.8 Å². The minimum absolute atomic E-state index is 0.0545. The van der Waals surface area contributed by atoms with Crippen LogP contribution in [0.15, 0.2) is 36.4 Å². The number of hydrogen-bond donors (Lipinski definition) is 0. The molecule has 0 aromatic heterocycles. The standard InChI is InChI=1S/C25H17F10O3/c1-2-3-4-5-12-6-7-14(15(26)8-12)20-19(36)11-16(27)21(22(20)30)24(31,32)37-13-9-17(28)23(18(29)10-13)38-25(33,34)35/h6-11H,2-5H2,1H3. The Labute approximate surface area is 209 Å². The van der Waals surface area contributed by atoms with Gasteiger partial charge in [-0.3, -0.25) is 5.11 Å². The van der Waals surface area contributed by atoms with Crippen LogP contribution in [-0.4, -0.2) is 6.36 Å². The summed E-state index contributed by atoms with van der Waals surface area (Å²) in [5, 5.41) is 12.3. The Kier molecular flexibility index (Phi) is 8.37. The van der Waals surface area contributed by atoms with Gasteiger partial charge >= 0.3 is 12.5 Å². The van der Waals surface area contributed by atoms with E-state index in [0.717, 1.165) is 25.0 Å². The van der Waals surface area contributed by atoms with E-state index in [2.05, 4.69) is 9.47 Å². The fourth-order valence-corrected chi connectivity index (χ4v) is 3.62. The van der Waals surface area contributed by atoms with Gasteiger partial charge in [-0.2, -0.15) is 8.78 Å². The number of aryl methyl sites for hydroxylation is 1. The van der Waals surface area contributed by atoms with E-state index in [1.807, 2.05) is 6.92 Å². The van der Waals surface area contributed by atoms with Crippen molar-refractivity contribution in [2.24, 2.45) is 0 Å². The van der Waals surface area contributed by atoms with Gasteiger partial charge in [-0.15, -0.1) is 13.2 Å². The predicted octanol–water partition coefficient (Wildman–Crippen LogP) is 8.95. The molecule has 0 amide bonds. The van der Waals surface area contributed by atoms with Gasteiger partial charge in [0.25, 0.3) is 0 Å². The van der Waals surface area contributed by atoms with Crippen LogP contribution in [0, 0.1) is 29.1 Å². The van der Waals surface area contributed by atoms with E-state index in [9.17, 15) is 44.6 Å². The molecule has 0 spiro atoms. The third kappa shape index (κ3) is 6.43. The summed E-state index contributed by atoms with van der Waals surface area (Å²) in [5.74, 6) is -14.7. The average molecular weight is 555 g/mol. The number of ether oxygens (including phenoxy) is 2. The molecule has 3 rings (SSSR count). The SMILES string of the molecule is CCCCCc1ccc(-c2c([O])cc(F)c(C(F)(F)Oc3cc(F)c(OC(F)(F)F)c(F)c3)c2F)c(F)c1. The number of halogens is 10. The molecule has 38 heavy (non-hydrogen) atoms. The number of unbranched alkanes of at least 4 members (excludes halogenated alkanes) is 2. The largest absolute Gasteiger partial charge is 0.573 e. The molecular weight excluding hydrogens is 538 g/mol. The van der Waals surface area contributed by atoms with Crippen LogP contribution < -0.4 is 9.47 Å². The summed E-state index contributed by atoms with van der Waals surface area (Å²) >= 11 is 0. The second-order valence-electron chi connectivity index (χ2n) is 8.07. The van der Waals surface area contributed by atoms with E-state index in [-0.39, 0.29) is 18.2 Å². The number of alkyl halides is 5. The van der Waals surface area contributed by atoms with Crippen molar-refractivity contribution >= 4 is 0 Å². The van der Waals surface area contributed by atoms with E-state index in [1.165, 1.54) is 6.07 Å². The summed E-state index contributed by atoms with van der Waals surface area (Å²) in [7, 11) is 0. The summed E-state index contributed by atoms with van der Waals surface area (Å²) in [6.45, 7) is 1.94. The first kappa shape index (κ1) is 28.9. The normalized spacial score (nSPS) is 12.1. The fraction of sp³-hybridized carbons (Fsp3) is 0.280. The molecule has 3 nitrogen and oxygen atoms in total. The van der Waals surface area contributed by atoms with E-state index in [0.29, 0.717) is 18.4 Å². The van der Waals surface area contributed by atoms with Crippen LogP contribution in [0.3, 0.4) is 0 Å². The molecule has 205 valence electrons. The first-order valence-electron chi connectivity index (χ1n) is 10.9. The Morgan fingerprint density at radius 1 is 0.763 bits per heavy atom. The summed E-state index contributed by atoms with van der Waals surface area (Å²) in [5.41, 5.74) is -3.73. The van der Waals surface area contributed by atoms with Crippen molar-refractivity contribution in [3.63, 3.8) is 0 Å². The summed E-state index contributed by atoms with van der Waals surface area (Å²) in [6, 6.07) is 2.92. The van der Waals surface area contributed by atoms with E-state index >= 15 is 4.39 Å². The highest BCUT2D eigenvalue weighted by Gasteiger charge is 2.44. The molecule has 0 heterocycles. The maximum absolute atomic E-state index is 15.2. The quantitative estimate of drug-likeness (QED) is 0.195. The number of hydrogen-bond acceptors (Lipinski definition) is 2. The van der Waals surface area contributed by atoms with Gasteiger partial charge in [0.2, 0.25) is 5.75 Å².